The van der Waals surface area contributed by atoms with Crippen LogP contribution in [0.1, 0.15) is 24.1 Å². The maximum Gasteiger partial charge on any atom is 0.165 e. The number of aromatic nitrogens is 2. The SMILES string of the molecule is CNC1CCN(c2nc(-c3c(N)cccc3N)nc3c2CCC3)C1. The number of likely N-dealkylation sites (N-methyl/N-ethyl adjacent to an activating group) is 1. The fraction of sp³-hybridized carbons (Fsp3) is 0.444. The average molecular weight is 324 g/mol. The van der Waals surface area contributed by atoms with E-state index >= 15 is 0 Å². The average Bonchev–Trinajstić information content (AvgIpc) is 3.23. The molecule has 6 nitrogen and oxygen atoms in total. The lowest BCUT2D eigenvalue weighted by Gasteiger charge is -2.22. The molecule has 0 spiro atoms. The number of benzene rings is 1. The molecule has 1 aliphatic heterocycles. The summed E-state index contributed by atoms with van der Waals surface area (Å²) >= 11 is 0. The van der Waals surface area contributed by atoms with E-state index in [1.54, 1.807) is 0 Å². The molecule has 2 heterocycles. The van der Waals surface area contributed by atoms with Crippen molar-refractivity contribution in [1.29, 1.82) is 0 Å². The number of nitrogen functional groups attached to an aromatic ring is 2. The van der Waals surface area contributed by atoms with Gasteiger partial charge in [-0.2, -0.15) is 0 Å². The van der Waals surface area contributed by atoms with E-state index in [2.05, 4.69) is 10.2 Å². The molecule has 2 aliphatic rings. The van der Waals surface area contributed by atoms with Gasteiger partial charge in [-0.25, -0.2) is 9.97 Å². The number of fused-ring (bicyclic) bond motifs is 1. The third kappa shape index (κ3) is 2.47. The fourth-order valence-corrected chi connectivity index (χ4v) is 3.82. The Morgan fingerprint density at radius 3 is 2.67 bits per heavy atom. The summed E-state index contributed by atoms with van der Waals surface area (Å²) in [6.07, 6.45) is 4.35. The molecule has 0 bridgehead atoms. The van der Waals surface area contributed by atoms with E-state index in [4.69, 9.17) is 21.4 Å². The molecular formula is C18H24N6. The summed E-state index contributed by atoms with van der Waals surface area (Å²) in [5, 5.41) is 3.37. The van der Waals surface area contributed by atoms with Gasteiger partial charge >= 0.3 is 0 Å². The first-order chi connectivity index (χ1) is 11.7. The number of aryl methyl sites for hydroxylation is 1. The number of nitrogens with two attached hydrogens (primary N) is 2. The van der Waals surface area contributed by atoms with Crippen molar-refractivity contribution in [1.82, 2.24) is 15.3 Å². The molecule has 0 saturated carbocycles. The standard InChI is InChI=1S/C18H24N6/c1-21-11-8-9-24(10-11)18-12-4-2-7-15(12)22-17(23-18)16-13(19)5-3-6-14(16)20/h3,5-6,11,21H,2,4,7-10,19-20H2,1H3. The van der Waals surface area contributed by atoms with E-state index in [-0.39, 0.29) is 0 Å². The zero-order valence-electron chi connectivity index (χ0n) is 14.0. The summed E-state index contributed by atoms with van der Waals surface area (Å²) in [7, 11) is 2.02. The predicted molar refractivity (Wildman–Crippen MR) is 98.0 cm³/mol. The van der Waals surface area contributed by atoms with Crippen LogP contribution in [-0.4, -0.2) is 36.1 Å². The zero-order valence-corrected chi connectivity index (χ0v) is 14.0. The van der Waals surface area contributed by atoms with E-state index in [1.807, 2.05) is 25.2 Å². The van der Waals surface area contributed by atoms with Crippen LogP contribution in [0.2, 0.25) is 0 Å². The molecule has 2 aromatic rings. The first-order valence-electron chi connectivity index (χ1n) is 8.63. The van der Waals surface area contributed by atoms with Gasteiger partial charge in [-0.3, -0.25) is 0 Å². The lowest BCUT2D eigenvalue weighted by molar-refractivity contribution is 0.616. The first kappa shape index (κ1) is 15.2. The molecule has 1 aliphatic carbocycles. The molecule has 6 heteroatoms. The zero-order chi connectivity index (χ0) is 16.7. The molecule has 5 N–H and O–H groups in total. The Labute approximate surface area is 142 Å². The van der Waals surface area contributed by atoms with Crippen LogP contribution in [-0.2, 0) is 12.8 Å². The maximum atomic E-state index is 6.16. The van der Waals surface area contributed by atoms with E-state index in [1.165, 1.54) is 5.56 Å². The molecule has 0 amide bonds. The second-order valence-corrected chi connectivity index (χ2v) is 6.68. The summed E-state index contributed by atoms with van der Waals surface area (Å²) in [6.45, 7) is 2.01. The van der Waals surface area contributed by atoms with Crippen LogP contribution < -0.4 is 21.7 Å². The predicted octanol–water partition coefficient (Wildman–Crippen LogP) is 1.59. The van der Waals surface area contributed by atoms with Crippen LogP contribution in [0.5, 0.6) is 0 Å². The Morgan fingerprint density at radius 1 is 1.17 bits per heavy atom. The largest absolute Gasteiger partial charge is 0.398 e. The van der Waals surface area contributed by atoms with Crippen molar-refractivity contribution in [2.75, 3.05) is 36.5 Å². The summed E-state index contributed by atoms with van der Waals surface area (Å²) in [4.78, 5) is 12.1. The van der Waals surface area contributed by atoms with Crippen LogP contribution in [0.4, 0.5) is 17.2 Å². The Hall–Kier alpha value is -2.34. The summed E-state index contributed by atoms with van der Waals surface area (Å²) in [5.41, 5.74) is 16.8. The number of nitrogens with one attached hydrogen (secondary N) is 1. The number of hydrogen-bond acceptors (Lipinski definition) is 6. The van der Waals surface area contributed by atoms with E-state index < -0.39 is 0 Å². The fourth-order valence-electron chi connectivity index (χ4n) is 3.82. The molecule has 1 atom stereocenters. The molecule has 1 unspecified atom stereocenters. The second-order valence-electron chi connectivity index (χ2n) is 6.68. The van der Waals surface area contributed by atoms with Gasteiger partial charge in [0.2, 0.25) is 0 Å². The van der Waals surface area contributed by atoms with Crippen molar-refractivity contribution in [2.45, 2.75) is 31.7 Å². The highest BCUT2D eigenvalue weighted by molar-refractivity contribution is 5.83. The minimum absolute atomic E-state index is 0.521. The molecule has 1 fully saturated rings. The molecule has 126 valence electrons. The second kappa shape index (κ2) is 5.94. The molecular weight excluding hydrogens is 300 g/mol. The van der Waals surface area contributed by atoms with Crippen molar-refractivity contribution in [3.05, 3.63) is 29.5 Å². The normalized spacial score (nSPS) is 19.7. The van der Waals surface area contributed by atoms with Crippen LogP contribution in [0.25, 0.3) is 11.4 Å². The molecule has 1 saturated heterocycles. The van der Waals surface area contributed by atoms with E-state index in [9.17, 15) is 0 Å². The minimum atomic E-state index is 0.521. The van der Waals surface area contributed by atoms with E-state index in [0.717, 1.165) is 55.8 Å². The summed E-state index contributed by atoms with van der Waals surface area (Å²) < 4.78 is 0. The van der Waals surface area contributed by atoms with Crippen LogP contribution in [0.3, 0.4) is 0 Å². The highest BCUT2D eigenvalue weighted by Gasteiger charge is 2.28. The Bertz CT molecular complexity index is 752. The quantitative estimate of drug-likeness (QED) is 0.743. The van der Waals surface area contributed by atoms with Gasteiger partial charge in [0.05, 0.1) is 5.56 Å². The summed E-state index contributed by atoms with van der Waals surface area (Å²) in [5.74, 6) is 1.74. The molecule has 1 aromatic carbocycles. The van der Waals surface area contributed by atoms with Gasteiger partial charge in [0, 0.05) is 41.8 Å². The molecule has 0 radical (unpaired) electrons. The highest BCUT2D eigenvalue weighted by atomic mass is 15.2. The van der Waals surface area contributed by atoms with Crippen molar-refractivity contribution >= 4 is 17.2 Å². The smallest absolute Gasteiger partial charge is 0.165 e. The molecule has 1 aromatic heterocycles. The number of anilines is 3. The Kier molecular flexibility index (Phi) is 3.76. The van der Waals surface area contributed by atoms with Gasteiger partial charge in [-0.15, -0.1) is 0 Å². The van der Waals surface area contributed by atoms with Gasteiger partial charge in [-0.1, -0.05) is 6.07 Å². The van der Waals surface area contributed by atoms with E-state index in [0.29, 0.717) is 23.2 Å². The third-order valence-corrected chi connectivity index (χ3v) is 5.16. The maximum absolute atomic E-state index is 6.16. The van der Waals surface area contributed by atoms with Crippen molar-refractivity contribution in [2.24, 2.45) is 0 Å². The van der Waals surface area contributed by atoms with Gasteiger partial charge in [0.15, 0.2) is 5.82 Å². The van der Waals surface area contributed by atoms with Crippen LogP contribution in [0, 0.1) is 0 Å². The van der Waals surface area contributed by atoms with Crippen LogP contribution in [0.15, 0.2) is 18.2 Å². The van der Waals surface area contributed by atoms with Crippen LogP contribution >= 0.6 is 0 Å². The monoisotopic (exact) mass is 324 g/mol. The Balaban J connectivity index is 1.82. The van der Waals surface area contributed by atoms with Gasteiger partial charge in [-0.05, 0) is 44.9 Å². The topological polar surface area (TPSA) is 93.1 Å². The Morgan fingerprint density at radius 2 is 1.96 bits per heavy atom. The number of rotatable bonds is 3. The first-order valence-corrected chi connectivity index (χ1v) is 8.63. The minimum Gasteiger partial charge on any atom is -0.398 e. The highest BCUT2D eigenvalue weighted by Crippen LogP contribution is 2.36. The molecule has 4 rings (SSSR count). The number of hydrogen-bond donors (Lipinski definition) is 3. The van der Waals surface area contributed by atoms with Crippen molar-refractivity contribution in [3.8, 4) is 11.4 Å². The van der Waals surface area contributed by atoms with Crippen molar-refractivity contribution < 1.29 is 0 Å². The van der Waals surface area contributed by atoms with Gasteiger partial charge in [0.1, 0.15) is 5.82 Å². The van der Waals surface area contributed by atoms with Gasteiger partial charge in [0.25, 0.3) is 0 Å². The van der Waals surface area contributed by atoms with Crippen molar-refractivity contribution in [3.63, 3.8) is 0 Å². The third-order valence-electron chi connectivity index (χ3n) is 5.16. The summed E-state index contributed by atoms with van der Waals surface area (Å²) in [6, 6.07) is 6.09. The number of nitrogens with zero attached hydrogens (tertiary/aromatic N) is 3. The lowest BCUT2D eigenvalue weighted by Crippen LogP contribution is -2.30. The van der Waals surface area contributed by atoms with Gasteiger partial charge < -0.3 is 21.7 Å². The molecule has 24 heavy (non-hydrogen) atoms. The lowest BCUT2D eigenvalue weighted by atomic mass is 10.1.